The van der Waals surface area contributed by atoms with Gasteiger partial charge >= 0.3 is 0 Å². The number of nitrogens with one attached hydrogen (secondary N) is 2. The largest absolute Gasteiger partial charge is 0.397 e. The molecule has 0 saturated heterocycles. The van der Waals surface area contributed by atoms with E-state index in [4.69, 9.17) is 5.73 Å². The highest BCUT2D eigenvalue weighted by molar-refractivity contribution is 7.11. The lowest BCUT2D eigenvalue weighted by molar-refractivity contribution is 0.0947. The van der Waals surface area contributed by atoms with Gasteiger partial charge in [-0.15, -0.1) is 11.3 Å². The molecule has 1 aromatic carbocycles. The fraction of sp³-hybridized carbons (Fsp3) is 0.133. The van der Waals surface area contributed by atoms with E-state index in [9.17, 15) is 4.79 Å². The van der Waals surface area contributed by atoms with Crippen molar-refractivity contribution in [1.82, 2.24) is 10.3 Å². The van der Waals surface area contributed by atoms with Gasteiger partial charge in [0.25, 0.3) is 5.91 Å². The molecule has 0 spiro atoms. The molecule has 0 radical (unpaired) electrons. The molecule has 3 rings (SSSR count). The van der Waals surface area contributed by atoms with Crippen LogP contribution in [0.4, 0.5) is 5.69 Å². The number of benzene rings is 1. The van der Waals surface area contributed by atoms with Gasteiger partial charge in [-0.25, -0.2) is 0 Å². The van der Waals surface area contributed by atoms with Gasteiger partial charge in [-0.3, -0.25) is 4.79 Å². The van der Waals surface area contributed by atoms with E-state index >= 15 is 0 Å². The molecule has 3 aromatic rings. The number of nitrogen functional groups attached to an aromatic ring is 1. The van der Waals surface area contributed by atoms with Crippen molar-refractivity contribution < 1.29 is 4.79 Å². The first kappa shape index (κ1) is 12.7. The molecule has 2 heterocycles. The zero-order valence-corrected chi connectivity index (χ0v) is 11.9. The number of fused-ring (bicyclic) bond motifs is 1. The van der Waals surface area contributed by atoms with Gasteiger partial charge in [-0.1, -0.05) is 12.1 Å². The molecule has 0 bridgehead atoms. The second-order valence-corrected chi connectivity index (χ2v) is 6.06. The highest BCUT2D eigenvalue weighted by atomic mass is 32.1. The van der Waals surface area contributed by atoms with Gasteiger partial charge in [0.1, 0.15) is 5.69 Å². The van der Waals surface area contributed by atoms with Crippen molar-refractivity contribution >= 4 is 33.8 Å². The number of aromatic nitrogens is 1. The normalized spacial score (nSPS) is 10.8. The SMILES string of the molecule is Cc1ccc(CNC(=O)c2cc3cccc(N)c3[nH]2)s1. The van der Waals surface area contributed by atoms with Crippen molar-refractivity contribution in [3.05, 3.63) is 51.8 Å². The Morgan fingerprint density at radius 3 is 2.90 bits per heavy atom. The van der Waals surface area contributed by atoms with E-state index in [1.165, 1.54) is 4.88 Å². The number of nitrogens with two attached hydrogens (primary N) is 1. The zero-order chi connectivity index (χ0) is 14.1. The van der Waals surface area contributed by atoms with Crippen LogP contribution in [0.5, 0.6) is 0 Å². The second-order valence-electron chi connectivity index (χ2n) is 4.69. The van der Waals surface area contributed by atoms with Gasteiger partial charge in [0, 0.05) is 15.1 Å². The van der Waals surface area contributed by atoms with Crippen molar-refractivity contribution in [2.24, 2.45) is 0 Å². The number of carbonyl (C=O) groups excluding carboxylic acids is 1. The predicted octanol–water partition coefficient (Wildman–Crippen LogP) is 3.05. The average Bonchev–Trinajstić information content (AvgIpc) is 3.03. The minimum absolute atomic E-state index is 0.119. The standard InChI is InChI=1S/C15H15N3OS/c1-9-5-6-11(20-9)8-17-15(19)13-7-10-3-2-4-12(16)14(10)18-13/h2-7,18H,8,16H2,1H3,(H,17,19). The van der Waals surface area contributed by atoms with Gasteiger partial charge < -0.3 is 16.0 Å². The molecular formula is C15H15N3OS. The van der Waals surface area contributed by atoms with Gasteiger partial charge in [0.05, 0.1) is 17.7 Å². The fourth-order valence-electron chi connectivity index (χ4n) is 2.14. The van der Waals surface area contributed by atoms with Gasteiger partial charge in [-0.05, 0) is 31.2 Å². The van der Waals surface area contributed by atoms with Gasteiger partial charge in [0.15, 0.2) is 0 Å². The van der Waals surface area contributed by atoms with Crippen molar-refractivity contribution in [3.63, 3.8) is 0 Å². The van der Waals surface area contributed by atoms with Crippen LogP contribution >= 0.6 is 11.3 Å². The highest BCUT2D eigenvalue weighted by Gasteiger charge is 2.10. The number of aromatic amines is 1. The van der Waals surface area contributed by atoms with E-state index in [2.05, 4.69) is 23.3 Å². The number of para-hydroxylation sites is 1. The maximum Gasteiger partial charge on any atom is 0.268 e. The van der Waals surface area contributed by atoms with E-state index in [-0.39, 0.29) is 5.91 Å². The molecule has 0 saturated carbocycles. The first-order valence-electron chi connectivity index (χ1n) is 6.34. The molecule has 20 heavy (non-hydrogen) atoms. The molecule has 4 nitrogen and oxygen atoms in total. The molecule has 0 atom stereocenters. The summed E-state index contributed by atoms with van der Waals surface area (Å²) < 4.78 is 0. The summed E-state index contributed by atoms with van der Waals surface area (Å²) in [4.78, 5) is 17.6. The summed E-state index contributed by atoms with van der Waals surface area (Å²) in [5.74, 6) is -0.119. The summed E-state index contributed by atoms with van der Waals surface area (Å²) in [5, 5.41) is 3.85. The Hall–Kier alpha value is -2.27. The zero-order valence-electron chi connectivity index (χ0n) is 11.1. The summed E-state index contributed by atoms with van der Waals surface area (Å²) in [6, 6.07) is 11.5. The number of thiophene rings is 1. The Labute approximate surface area is 120 Å². The van der Waals surface area contributed by atoms with E-state index in [0.29, 0.717) is 17.9 Å². The van der Waals surface area contributed by atoms with Crippen LogP contribution in [0.1, 0.15) is 20.2 Å². The molecular weight excluding hydrogens is 270 g/mol. The van der Waals surface area contributed by atoms with Crippen LogP contribution in [-0.4, -0.2) is 10.9 Å². The molecule has 0 aliphatic carbocycles. The van der Waals surface area contributed by atoms with Crippen molar-refractivity contribution in [3.8, 4) is 0 Å². The van der Waals surface area contributed by atoms with Crippen molar-refractivity contribution in [2.75, 3.05) is 5.73 Å². The lowest BCUT2D eigenvalue weighted by Crippen LogP contribution is -2.22. The molecule has 0 aliphatic heterocycles. The predicted molar refractivity (Wildman–Crippen MR) is 82.9 cm³/mol. The number of hydrogen-bond acceptors (Lipinski definition) is 3. The van der Waals surface area contributed by atoms with Crippen LogP contribution in [-0.2, 0) is 6.54 Å². The number of aryl methyl sites for hydroxylation is 1. The van der Waals surface area contributed by atoms with E-state index in [1.54, 1.807) is 11.3 Å². The number of rotatable bonds is 3. The summed E-state index contributed by atoms with van der Waals surface area (Å²) in [6.07, 6.45) is 0. The van der Waals surface area contributed by atoms with E-state index in [0.717, 1.165) is 15.8 Å². The van der Waals surface area contributed by atoms with E-state index in [1.807, 2.05) is 30.3 Å². The summed E-state index contributed by atoms with van der Waals surface area (Å²) in [6.45, 7) is 2.60. The Morgan fingerprint density at radius 2 is 2.20 bits per heavy atom. The van der Waals surface area contributed by atoms with Crippen LogP contribution in [0.3, 0.4) is 0 Å². The first-order valence-corrected chi connectivity index (χ1v) is 7.16. The smallest absolute Gasteiger partial charge is 0.268 e. The van der Waals surface area contributed by atoms with E-state index < -0.39 is 0 Å². The van der Waals surface area contributed by atoms with Crippen LogP contribution in [0.25, 0.3) is 10.9 Å². The summed E-state index contributed by atoms with van der Waals surface area (Å²) in [5.41, 5.74) is 7.87. The minimum atomic E-state index is -0.119. The molecule has 2 aromatic heterocycles. The Bertz CT molecular complexity index is 772. The topological polar surface area (TPSA) is 70.9 Å². The van der Waals surface area contributed by atoms with Crippen molar-refractivity contribution in [2.45, 2.75) is 13.5 Å². The molecule has 0 fully saturated rings. The Balaban J connectivity index is 1.77. The van der Waals surface area contributed by atoms with Gasteiger partial charge in [0.2, 0.25) is 0 Å². The quantitative estimate of drug-likeness (QED) is 0.647. The lowest BCUT2D eigenvalue weighted by atomic mass is 10.2. The van der Waals surface area contributed by atoms with Crippen LogP contribution < -0.4 is 11.1 Å². The monoisotopic (exact) mass is 285 g/mol. The van der Waals surface area contributed by atoms with Crippen molar-refractivity contribution in [1.29, 1.82) is 0 Å². The third-order valence-corrected chi connectivity index (χ3v) is 4.15. The molecule has 5 heteroatoms. The number of hydrogen-bond donors (Lipinski definition) is 3. The molecule has 4 N–H and O–H groups in total. The Morgan fingerprint density at radius 1 is 1.35 bits per heavy atom. The molecule has 0 aliphatic rings. The number of anilines is 1. The van der Waals surface area contributed by atoms with Crippen LogP contribution in [0.15, 0.2) is 36.4 Å². The average molecular weight is 285 g/mol. The third kappa shape index (κ3) is 2.40. The van der Waals surface area contributed by atoms with Crippen LogP contribution in [0, 0.1) is 6.92 Å². The molecule has 0 unspecified atom stereocenters. The summed E-state index contributed by atoms with van der Waals surface area (Å²) >= 11 is 1.69. The summed E-state index contributed by atoms with van der Waals surface area (Å²) in [7, 11) is 0. The number of amides is 1. The van der Waals surface area contributed by atoms with Crippen LogP contribution in [0.2, 0.25) is 0 Å². The Kier molecular flexibility index (Phi) is 3.20. The maximum atomic E-state index is 12.1. The maximum absolute atomic E-state index is 12.1. The molecule has 102 valence electrons. The minimum Gasteiger partial charge on any atom is -0.397 e. The fourth-order valence-corrected chi connectivity index (χ4v) is 2.97. The number of H-pyrrole nitrogens is 1. The lowest BCUT2D eigenvalue weighted by Gasteiger charge is -2.01. The number of carbonyl (C=O) groups is 1. The molecule has 1 amide bonds. The van der Waals surface area contributed by atoms with Gasteiger partial charge in [-0.2, -0.15) is 0 Å². The third-order valence-electron chi connectivity index (χ3n) is 3.15. The first-order chi connectivity index (χ1) is 9.63. The second kappa shape index (κ2) is 5.02. The highest BCUT2D eigenvalue weighted by Crippen LogP contribution is 2.21.